The number of phosphoric acid groups is 1. The highest BCUT2D eigenvalue weighted by atomic mass is 31.2. The van der Waals surface area contributed by atoms with E-state index in [0.717, 1.165) is 51.4 Å². The first-order valence-electron chi connectivity index (χ1n) is 25.7. The summed E-state index contributed by atoms with van der Waals surface area (Å²) in [4.78, 5) is 35.8. The van der Waals surface area contributed by atoms with E-state index < -0.39 is 75.7 Å². The van der Waals surface area contributed by atoms with Crippen LogP contribution in [0.15, 0.2) is 109 Å². The molecular formula is C55H89O13P. The third kappa shape index (κ3) is 35.3. The van der Waals surface area contributed by atoms with Crippen LogP contribution in [0.4, 0.5) is 0 Å². The number of unbranched alkanes of at least 4 members (excludes halogenated alkanes) is 11. The highest BCUT2D eigenvalue weighted by Gasteiger charge is 2.51. The van der Waals surface area contributed by atoms with E-state index in [0.29, 0.717) is 25.7 Å². The third-order valence-corrected chi connectivity index (χ3v) is 12.1. The summed E-state index contributed by atoms with van der Waals surface area (Å²) in [6.07, 6.45) is 47.3. The van der Waals surface area contributed by atoms with Crippen LogP contribution >= 0.6 is 7.82 Å². The largest absolute Gasteiger partial charge is 0.472 e. The van der Waals surface area contributed by atoms with Gasteiger partial charge in [-0.15, -0.1) is 0 Å². The van der Waals surface area contributed by atoms with Crippen LogP contribution < -0.4 is 0 Å². The van der Waals surface area contributed by atoms with Crippen molar-refractivity contribution in [2.24, 2.45) is 0 Å². The molecule has 14 heteroatoms. The van der Waals surface area contributed by atoms with Crippen molar-refractivity contribution in [3.8, 4) is 0 Å². The Morgan fingerprint density at radius 3 is 1.28 bits per heavy atom. The van der Waals surface area contributed by atoms with Crippen LogP contribution in [0.1, 0.15) is 168 Å². The number of carbonyl (C=O) groups is 2. The SMILES string of the molecule is CCCCC/C=C/C/C=C/C/C=C/C/C=C/C/C=C/CCC(=O)O[C@@H](COC(=O)CCC/C=C/C/C=C/C/C=C/C/C=C/CCCCCCCCC)COP(=O)(O)OC1C(O)C(O)C(O)[C@H](O)C1O. The molecule has 0 heterocycles. The summed E-state index contributed by atoms with van der Waals surface area (Å²) in [5.74, 6) is -1.27. The Kier molecular flexibility index (Phi) is 39.9. The number of rotatable bonds is 41. The predicted octanol–water partition coefficient (Wildman–Crippen LogP) is 11.2. The zero-order chi connectivity index (χ0) is 50.6. The van der Waals surface area contributed by atoms with Crippen LogP contribution in [0.3, 0.4) is 0 Å². The van der Waals surface area contributed by atoms with Gasteiger partial charge in [-0.1, -0.05) is 175 Å². The quantitative estimate of drug-likeness (QED) is 0.0146. The van der Waals surface area contributed by atoms with Gasteiger partial charge >= 0.3 is 19.8 Å². The lowest BCUT2D eigenvalue weighted by Gasteiger charge is -2.41. The topological polar surface area (TPSA) is 210 Å². The fraction of sp³-hybridized carbons (Fsp3) is 0.636. The van der Waals surface area contributed by atoms with E-state index >= 15 is 0 Å². The van der Waals surface area contributed by atoms with Gasteiger partial charge in [0, 0.05) is 12.8 Å². The molecule has 1 saturated carbocycles. The van der Waals surface area contributed by atoms with Gasteiger partial charge in [-0.05, 0) is 89.9 Å². The van der Waals surface area contributed by atoms with E-state index in [1.165, 1.54) is 64.2 Å². The van der Waals surface area contributed by atoms with Gasteiger partial charge < -0.3 is 39.9 Å². The van der Waals surface area contributed by atoms with E-state index in [1.807, 2.05) is 30.4 Å². The molecule has 1 aliphatic rings. The van der Waals surface area contributed by atoms with Gasteiger partial charge in [0.1, 0.15) is 43.2 Å². The molecule has 392 valence electrons. The number of phosphoric ester groups is 1. The average Bonchev–Trinajstić information content (AvgIpc) is 3.33. The van der Waals surface area contributed by atoms with Gasteiger partial charge in [-0.25, -0.2) is 4.57 Å². The molecule has 13 nitrogen and oxygen atoms in total. The Hall–Kier alpha value is -3.49. The van der Waals surface area contributed by atoms with Gasteiger partial charge in [-0.2, -0.15) is 0 Å². The molecule has 0 aromatic heterocycles. The Labute approximate surface area is 414 Å². The zero-order valence-electron chi connectivity index (χ0n) is 41.8. The standard InChI is InChI=1S/C55H89O13P/c1-3-5-7-9-11-13-15-17-19-21-23-24-26-27-29-31-33-35-37-39-41-43-48(56)65-45-47(46-66-69(63,64)68-55-53(61)51(59)50(58)52(60)54(55)62)67-49(57)44-42-40-38-36-34-32-30-28-25-22-20-18-16-14-12-10-8-6-4-2/h12,14,18-21,24-26,28-29,31-32,34-35,37-38,40,47,50-55,58-62H,3-11,13,15-17,22-23,27,30,33,36,39,41-46H2,1-2H3,(H,63,64)/b14-12+,20-18+,21-19+,26-24+,28-25+,31-29+,34-32+,37-35+,40-38+/t47-,50?,51-,52?,53?,54?,55?/m0/s1. The molecule has 6 unspecified atom stereocenters. The molecule has 0 amide bonds. The van der Waals surface area contributed by atoms with Gasteiger partial charge in [0.25, 0.3) is 0 Å². The maximum absolute atomic E-state index is 12.8. The van der Waals surface area contributed by atoms with Crippen LogP contribution in [0.5, 0.6) is 0 Å². The third-order valence-electron chi connectivity index (χ3n) is 11.1. The predicted molar refractivity (Wildman–Crippen MR) is 276 cm³/mol. The molecule has 0 aliphatic heterocycles. The number of aliphatic hydroxyl groups is 5. The van der Waals surface area contributed by atoms with Crippen molar-refractivity contribution in [3.05, 3.63) is 109 Å². The van der Waals surface area contributed by atoms with E-state index in [1.54, 1.807) is 0 Å². The molecular weight excluding hydrogens is 900 g/mol. The van der Waals surface area contributed by atoms with Crippen molar-refractivity contribution in [3.63, 3.8) is 0 Å². The Morgan fingerprint density at radius 2 is 0.812 bits per heavy atom. The number of hydrogen-bond donors (Lipinski definition) is 6. The minimum atomic E-state index is -5.16. The Balaban J connectivity index is 2.52. The molecule has 1 rings (SSSR count). The number of hydrogen-bond acceptors (Lipinski definition) is 12. The van der Waals surface area contributed by atoms with E-state index in [4.69, 9.17) is 18.5 Å². The van der Waals surface area contributed by atoms with E-state index in [2.05, 4.69) is 92.8 Å². The van der Waals surface area contributed by atoms with Crippen molar-refractivity contribution in [2.45, 2.75) is 211 Å². The summed E-state index contributed by atoms with van der Waals surface area (Å²) >= 11 is 0. The van der Waals surface area contributed by atoms with Crippen LogP contribution in [0.2, 0.25) is 0 Å². The number of esters is 2. The minimum absolute atomic E-state index is 0.0450. The summed E-state index contributed by atoms with van der Waals surface area (Å²) in [5.41, 5.74) is 0. The smallest absolute Gasteiger partial charge is 0.462 e. The second-order valence-electron chi connectivity index (χ2n) is 17.3. The first-order valence-corrected chi connectivity index (χ1v) is 27.2. The molecule has 0 saturated heterocycles. The molecule has 0 aromatic carbocycles. The highest BCUT2D eigenvalue weighted by Crippen LogP contribution is 2.47. The number of aliphatic hydroxyl groups excluding tert-OH is 5. The van der Waals surface area contributed by atoms with Gasteiger partial charge in [0.15, 0.2) is 6.10 Å². The van der Waals surface area contributed by atoms with E-state index in [9.17, 15) is 44.6 Å². The first-order chi connectivity index (χ1) is 33.4. The lowest BCUT2D eigenvalue weighted by Crippen LogP contribution is -2.64. The number of ether oxygens (including phenoxy) is 2. The average molecular weight is 989 g/mol. The summed E-state index contributed by atoms with van der Waals surface area (Å²) < 4.78 is 33.5. The Bertz CT molecular complexity index is 1610. The molecule has 8 atom stereocenters. The minimum Gasteiger partial charge on any atom is -0.462 e. The molecule has 1 aliphatic carbocycles. The molecule has 0 spiro atoms. The van der Waals surface area contributed by atoms with Gasteiger partial charge in [-0.3, -0.25) is 18.6 Å². The lowest BCUT2D eigenvalue weighted by atomic mass is 9.85. The summed E-state index contributed by atoms with van der Waals surface area (Å²) in [6, 6.07) is 0. The van der Waals surface area contributed by atoms with Crippen molar-refractivity contribution in [1.82, 2.24) is 0 Å². The molecule has 69 heavy (non-hydrogen) atoms. The van der Waals surface area contributed by atoms with Crippen molar-refractivity contribution in [2.75, 3.05) is 13.2 Å². The monoisotopic (exact) mass is 989 g/mol. The van der Waals surface area contributed by atoms with Crippen LogP contribution in [0.25, 0.3) is 0 Å². The van der Waals surface area contributed by atoms with E-state index in [-0.39, 0.29) is 12.8 Å². The summed E-state index contributed by atoms with van der Waals surface area (Å²) in [5, 5.41) is 50.2. The normalized spacial score (nSPS) is 21.8. The van der Waals surface area contributed by atoms with Crippen molar-refractivity contribution < 1.29 is 63.1 Å². The Morgan fingerprint density at radius 1 is 0.449 bits per heavy atom. The zero-order valence-corrected chi connectivity index (χ0v) is 42.7. The molecule has 0 radical (unpaired) electrons. The van der Waals surface area contributed by atoms with Gasteiger partial charge in [0.05, 0.1) is 6.61 Å². The van der Waals surface area contributed by atoms with Crippen molar-refractivity contribution >= 4 is 19.8 Å². The fourth-order valence-corrected chi connectivity index (χ4v) is 7.94. The van der Waals surface area contributed by atoms with Crippen LogP contribution in [-0.4, -0.2) is 98.3 Å². The number of allylic oxidation sites excluding steroid dienone is 18. The maximum atomic E-state index is 12.8. The van der Waals surface area contributed by atoms with Crippen LogP contribution in [-0.2, 0) is 32.7 Å². The lowest BCUT2D eigenvalue weighted by molar-refractivity contribution is -0.220. The second kappa shape index (κ2) is 43.3. The van der Waals surface area contributed by atoms with Crippen LogP contribution in [0, 0.1) is 0 Å². The molecule has 6 N–H and O–H groups in total. The highest BCUT2D eigenvalue weighted by molar-refractivity contribution is 7.47. The molecule has 1 fully saturated rings. The maximum Gasteiger partial charge on any atom is 0.472 e. The fourth-order valence-electron chi connectivity index (χ4n) is 6.97. The first kappa shape index (κ1) is 63.5. The molecule has 0 aromatic rings. The second-order valence-corrected chi connectivity index (χ2v) is 18.7. The van der Waals surface area contributed by atoms with Crippen molar-refractivity contribution in [1.29, 1.82) is 0 Å². The number of carbonyl (C=O) groups excluding carboxylic acids is 2. The van der Waals surface area contributed by atoms with Gasteiger partial charge in [0.2, 0.25) is 0 Å². The molecule has 0 bridgehead atoms. The summed E-state index contributed by atoms with van der Waals surface area (Å²) in [6.45, 7) is 3.16. The summed E-state index contributed by atoms with van der Waals surface area (Å²) in [7, 11) is -5.16.